The minimum Gasteiger partial charge on any atom is -0.481 e. The smallest absolute Gasteiger partial charge is 0.215 e. The van der Waals surface area contributed by atoms with Gasteiger partial charge in [0.05, 0.1) is 13.2 Å². The van der Waals surface area contributed by atoms with Crippen molar-refractivity contribution in [3.05, 3.63) is 23.4 Å². The Balaban J connectivity index is 2.84. The van der Waals surface area contributed by atoms with Crippen LogP contribution in [0.1, 0.15) is 23.7 Å². The fraction of sp³-hybridized carbons (Fsp3) is 0.545. The zero-order chi connectivity index (χ0) is 12.1. The van der Waals surface area contributed by atoms with Crippen LogP contribution in [-0.4, -0.2) is 34.3 Å². The van der Waals surface area contributed by atoms with Gasteiger partial charge in [0.15, 0.2) is 0 Å². The van der Waals surface area contributed by atoms with Crippen LogP contribution in [0.3, 0.4) is 0 Å². The van der Waals surface area contributed by atoms with Crippen LogP contribution in [0.25, 0.3) is 0 Å². The molecule has 0 fully saturated rings. The summed E-state index contributed by atoms with van der Waals surface area (Å²) in [6, 6.07) is 1.74. The first-order valence-corrected chi connectivity index (χ1v) is 5.56. The summed E-state index contributed by atoms with van der Waals surface area (Å²) in [5.41, 5.74) is 1.38. The van der Waals surface area contributed by atoms with Crippen molar-refractivity contribution in [2.45, 2.75) is 25.6 Å². The maximum atomic E-state index is 9.82. The van der Waals surface area contributed by atoms with Gasteiger partial charge in [-0.3, -0.25) is 0 Å². The molecule has 1 heterocycles. The number of hydrogen-bond donors (Lipinski definition) is 2. The maximum Gasteiger partial charge on any atom is 0.215 e. The highest BCUT2D eigenvalue weighted by Gasteiger charge is 2.18. The van der Waals surface area contributed by atoms with Crippen molar-refractivity contribution in [3.63, 3.8) is 0 Å². The zero-order valence-electron chi connectivity index (χ0n) is 9.35. The number of aliphatic hydroxyl groups excluding tert-OH is 2. The van der Waals surface area contributed by atoms with E-state index in [0.29, 0.717) is 23.7 Å². The molecule has 1 aromatic rings. The van der Waals surface area contributed by atoms with Gasteiger partial charge in [-0.1, -0.05) is 0 Å². The Labute approximate surface area is 99.8 Å². The van der Waals surface area contributed by atoms with Crippen molar-refractivity contribution in [2.75, 3.05) is 13.0 Å². The molecular formula is C11H16ClNO3. The molecule has 5 heteroatoms. The second kappa shape index (κ2) is 6.03. The minimum absolute atomic E-state index is 0.306. The van der Waals surface area contributed by atoms with Gasteiger partial charge in [-0.15, -0.1) is 11.6 Å². The SMILES string of the molecule is COc1ncc(C(O)C(O)CCCl)cc1C. The Kier molecular flexibility index (Phi) is 4.99. The van der Waals surface area contributed by atoms with Crippen LogP contribution in [0.15, 0.2) is 12.3 Å². The molecule has 0 aromatic carbocycles. The van der Waals surface area contributed by atoms with Gasteiger partial charge in [-0.2, -0.15) is 0 Å². The lowest BCUT2D eigenvalue weighted by molar-refractivity contribution is 0.0167. The number of pyridine rings is 1. The topological polar surface area (TPSA) is 62.6 Å². The summed E-state index contributed by atoms with van der Waals surface area (Å²) in [6.07, 6.45) is 0.00447. The molecule has 4 nitrogen and oxygen atoms in total. The fourth-order valence-corrected chi connectivity index (χ4v) is 1.67. The highest BCUT2D eigenvalue weighted by molar-refractivity contribution is 6.17. The van der Waals surface area contributed by atoms with E-state index in [1.54, 1.807) is 6.07 Å². The molecule has 0 bridgehead atoms. The maximum absolute atomic E-state index is 9.82. The predicted molar refractivity (Wildman–Crippen MR) is 61.8 cm³/mol. The summed E-state index contributed by atoms with van der Waals surface area (Å²) in [5, 5.41) is 19.4. The summed E-state index contributed by atoms with van der Waals surface area (Å²) in [6.45, 7) is 1.83. The van der Waals surface area contributed by atoms with Gasteiger partial charge in [-0.05, 0) is 19.4 Å². The van der Waals surface area contributed by atoms with Gasteiger partial charge in [0.25, 0.3) is 0 Å². The lowest BCUT2D eigenvalue weighted by atomic mass is 10.0. The summed E-state index contributed by atoms with van der Waals surface area (Å²) in [7, 11) is 1.54. The zero-order valence-corrected chi connectivity index (χ0v) is 10.1. The van der Waals surface area contributed by atoms with E-state index in [2.05, 4.69) is 4.98 Å². The molecule has 0 saturated carbocycles. The van der Waals surface area contributed by atoms with Crippen LogP contribution < -0.4 is 4.74 Å². The molecule has 0 aliphatic carbocycles. The summed E-state index contributed by atoms with van der Waals surface area (Å²) < 4.78 is 5.01. The molecule has 0 aliphatic heterocycles. The van der Waals surface area contributed by atoms with Crippen LogP contribution >= 0.6 is 11.6 Å². The van der Waals surface area contributed by atoms with Gasteiger partial charge in [-0.25, -0.2) is 4.98 Å². The number of aliphatic hydroxyl groups is 2. The molecule has 2 N–H and O–H groups in total. The van der Waals surface area contributed by atoms with Gasteiger partial charge in [0.1, 0.15) is 6.10 Å². The molecule has 1 aromatic heterocycles. The van der Waals surface area contributed by atoms with Crippen molar-refractivity contribution in [3.8, 4) is 5.88 Å². The van der Waals surface area contributed by atoms with Crippen molar-refractivity contribution in [1.82, 2.24) is 4.98 Å². The van der Waals surface area contributed by atoms with Crippen LogP contribution in [0.5, 0.6) is 5.88 Å². The van der Waals surface area contributed by atoms with Crippen molar-refractivity contribution >= 4 is 11.6 Å². The van der Waals surface area contributed by atoms with Gasteiger partial charge >= 0.3 is 0 Å². The van der Waals surface area contributed by atoms with Crippen molar-refractivity contribution in [2.24, 2.45) is 0 Å². The first-order chi connectivity index (χ1) is 7.60. The van der Waals surface area contributed by atoms with Gasteiger partial charge in [0.2, 0.25) is 5.88 Å². The van der Waals surface area contributed by atoms with E-state index in [4.69, 9.17) is 16.3 Å². The van der Waals surface area contributed by atoms with Crippen molar-refractivity contribution in [1.29, 1.82) is 0 Å². The Morgan fingerprint density at radius 1 is 1.50 bits per heavy atom. The monoisotopic (exact) mass is 245 g/mol. The molecule has 0 saturated heterocycles. The van der Waals surface area contributed by atoms with E-state index < -0.39 is 12.2 Å². The average molecular weight is 246 g/mol. The molecule has 0 aliphatic rings. The Morgan fingerprint density at radius 2 is 2.19 bits per heavy atom. The second-order valence-corrected chi connectivity index (χ2v) is 3.96. The number of rotatable bonds is 5. The van der Waals surface area contributed by atoms with Gasteiger partial charge < -0.3 is 14.9 Å². The van der Waals surface area contributed by atoms with Gasteiger partial charge in [0, 0.05) is 23.2 Å². The molecule has 2 unspecified atom stereocenters. The lowest BCUT2D eigenvalue weighted by Crippen LogP contribution is -2.19. The van der Waals surface area contributed by atoms with E-state index in [-0.39, 0.29) is 0 Å². The first kappa shape index (κ1) is 13.2. The van der Waals surface area contributed by atoms with E-state index in [1.807, 2.05) is 6.92 Å². The third kappa shape index (κ3) is 3.07. The Morgan fingerprint density at radius 3 is 2.69 bits per heavy atom. The number of ether oxygens (including phenoxy) is 1. The molecule has 90 valence electrons. The number of nitrogens with zero attached hydrogens (tertiary/aromatic N) is 1. The third-order valence-electron chi connectivity index (χ3n) is 2.36. The predicted octanol–water partition coefficient (Wildman–Crippen LogP) is 1.42. The fourth-order valence-electron chi connectivity index (χ4n) is 1.45. The number of aryl methyl sites for hydroxylation is 1. The van der Waals surface area contributed by atoms with Crippen LogP contribution in [0.4, 0.5) is 0 Å². The van der Waals surface area contributed by atoms with E-state index in [1.165, 1.54) is 13.3 Å². The summed E-state index contributed by atoms with van der Waals surface area (Å²) >= 11 is 5.50. The van der Waals surface area contributed by atoms with Crippen LogP contribution in [-0.2, 0) is 0 Å². The highest BCUT2D eigenvalue weighted by Crippen LogP contribution is 2.23. The molecule has 0 spiro atoms. The number of methoxy groups -OCH3 is 1. The second-order valence-electron chi connectivity index (χ2n) is 3.58. The highest BCUT2D eigenvalue weighted by atomic mass is 35.5. The standard InChI is InChI=1S/C11H16ClNO3/c1-7-5-8(6-13-11(7)16-2)10(15)9(14)3-4-12/h5-6,9-10,14-15H,3-4H2,1-2H3. The summed E-state index contributed by atoms with van der Waals surface area (Å²) in [4.78, 5) is 4.03. The number of hydrogen-bond acceptors (Lipinski definition) is 4. The molecule has 1 rings (SSSR count). The Bertz CT molecular complexity index is 346. The molecule has 0 amide bonds. The van der Waals surface area contributed by atoms with E-state index >= 15 is 0 Å². The number of alkyl halides is 1. The molecule has 0 radical (unpaired) electrons. The molecular weight excluding hydrogens is 230 g/mol. The number of halogens is 1. The summed E-state index contributed by atoms with van der Waals surface area (Å²) in [5.74, 6) is 0.823. The minimum atomic E-state index is -0.962. The largest absolute Gasteiger partial charge is 0.481 e. The molecule has 2 atom stereocenters. The van der Waals surface area contributed by atoms with Crippen molar-refractivity contribution < 1.29 is 14.9 Å². The normalized spacial score (nSPS) is 14.6. The average Bonchev–Trinajstić information content (AvgIpc) is 2.28. The molecule has 16 heavy (non-hydrogen) atoms. The lowest BCUT2D eigenvalue weighted by Gasteiger charge is -2.17. The van der Waals surface area contributed by atoms with E-state index in [0.717, 1.165) is 5.56 Å². The van der Waals surface area contributed by atoms with E-state index in [9.17, 15) is 10.2 Å². The Hall–Kier alpha value is -0.840. The van der Waals surface area contributed by atoms with Crippen LogP contribution in [0, 0.1) is 6.92 Å². The number of aromatic nitrogens is 1. The van der Waals surface area contributed by atoms with Crippen LogP contribution in [0.2, 0.25) is 0 Å². The quantitative estimate of drug-likeness (QED) is 0.771. The first-order valence-electron chi connectivity index (χ1n) is 5.02. The third-order valence-corrected chi connectivity index (χ3v) is 2.57.